The summed E-state index contributed by atoms with van der Waals surface area (Å²) in [6.07, 6.45) is 4.30. The van der Waals surface area contributed by atoms with Crippen molar-refractivity contribution >= 4 is 11.5 Å². The number of nitrogen functional groups attached to an aromatic ring is 1. The smallest absolute Gasteiger partial charge is 0.174 e. The van der Waals surface area contributed by atoms with Crippen LogP contribution in [0.15, 0.2) is 36.5 Å². The van der Waals surface area contributed by atoms with Crippen LogP contribution >= 0.6 is 0 Å². The van der Waals surface area contributed by atoms with Gasteiger partial charge in [-0.05, 0) is 43.0 Å². The molecule has 1 atom stereocenters. The number of nitrogens with zero attached hydrogens (tertiary/aromatic N) is 1. The lowest BCUT2D eigenvalue weighted by Gasteiger charge is -2.23. The molecule has 1 aromatic carbocycles. The summed E-state index contributed by atoms with van der Waals surface area (Å²) >= 11 is 0. The Kier molecular flexibility index (Phi) is 3.22. The van der Waals surface area contributed by atoms with Gasteiger partial charge in [-0.3, -0.25) is 9.78 Å². The van der Waals surface area contributed by atoms with E-state index in [9.17, 15) is 9.18 Å². The Labute approximate surface area is 116 Å². The van der Waals surface area contributed by atoms with Gasteiger partial charge in [0.05, 0.1) is 17.3 Å². The number of nitrogens with two attached hydrogens (primary N) is 1. The van der Waals surface area contributed by atoms with E-state index in [4.69, 9.17) is 5.73 Å². The van der Waals surface area contributed by atoms with Gasteiger partial charge in [0.1, 0.15) is 5.82 Å². The van der Waals surface area contributed by atoms with Gasteiger partial charge in [0.25, 0.3) is 0 Å². The minimum atomic E-state index is -0.548. The fraction of sp³-hybridized carbons (Fsp3) is 0.250. The number of fused-ring (bicyclic) bond motifs is 1. The van der Waals surface area contributed by atoms with Crippen molar-refractivity contribution in [3.63, 3.8) is 0 Å². The topological polar surface area (TPSA) is 56.0 Å². The first kappa shape index (κ1) is 12.8. The van der Waals surface area contributed by atoms with Gasteiger partial charge in [-0.1, -0.05) is 12.1 Å². The van der Waals surface area contributed by atoms with Gasteiger partial charge in [0.2, 0.25) is 0 Å². The Hall–Kier alpha value is -2.23. The second-order valence-corrected chi connectivity index (χ2v) is 5.06. The van der Waals surface area contributed by atoms with Crippen molar-refractivity contribution in [2.75, 3.05) is 5.73 Å². The molecule has 20 heavy (non-hydrogen) atoms. The van der Waals surface area contributed by atoms with E-state index in [2.05, 4.69) is 4.98 Å². The predicted octanol–water partition coefficient (Wildman–Crippen LogP) is 3.11. The highest BCUT2D eigenvalue weighted by Crippen LogP contribution is 2.33. The van der Waals surface area contributed by atoms with E-state index in [-0.39, 0.29) is 23.0 Å². The van der Waals surface area contributed by atoms with Gasteiger partial charge < -0.3 is 5.73 Å². The van der Waals surface area contributed by atoms with Crippen molar-refractivity contribution in [2.45, 2.75) is 25.2 Å². The summed E-state index contributed by atoms with van der Waals surface area (Å²) in [7, 11) is 0. The molecule has 3 rings (SSSR count). The Morgan fingerprint density at radius 3 is 3.00 bits per heavy atom. The van der Waals surface area contributed by atoms with Crippen LogP contribution in [0.2, 0.25) is 0 Å². The highest BCUT2D eigenvalue weighted by atomic mass is 19.1. The van der Waals surface area contributed by atoms with E-state index < -0.39 is 5.82 Å². The van der Waals surface area contributed by atoms with Crippen LogP contribution in [0.25, 0.3) is 0 Å². The maximum absolute atomic E-state index is 13.5. The number of para-hydroxylation sites is 1. The second-order valence-electron chi connectivity index (χ2n) is 5.06. The van der Waals surface area contributed by atoms with Crippen LogP contribution in [0.4, 0.5) is 10.1 Å². The molecule has 0 saturated heterocycles. The number of carbonyl (C=O) groups excluding carboxylic acids is 1. The molecule has 1 aliphatic rings. The van der Waals surface area contributed by atoms with Crippen molar-refractivity contribution in [2.24, 2.45) is 0 Å². The number of aryl methyl sites for hydroxylation is 1. The van der Waals surface area contributed by atoms with E-state index in [1.54, 1.807) is 12.3 Å². The molecule has 0 saturated carbocycles. The summed E-state index contributed by atoms with van der Waals surface area (Å²) in [5.74, 6) is -1.00. The molecule has 0 amide bonds. The number of Topliss-reactive ketones (excluding diaryl/α,β-unsaturated/α-hetero) is 1. The number of rotatable bonds is 2. The zero-order chi connectivity index (χ0) is 14.1. The monoisotopic (exact) mass is 270 g/mol. The van der Waals surface area contributed by atoms with Crippen molar-refractivity contribution in [3.05, 3.63) is 59.2 Å². The lowest BCUT2D eigenvalue weighted by molar-refractivity contribution is 0.0949. The highest BCUT2D eigenvalue weighted by Gasteiger charge is 2.29. The predicted molar refractivity (Wildman–Crippen MR) is 75.1 cm³/mol. The third-order valence-electron chi connectivity index (χ3n) is 3.83. The summed E-state index contributed by atoms with van der Waals surface area (Å²) in [6, 6.07) is 8.23. The standard InChI is InChI=1S/C16H15FN2O/c17-13-8-2-6-11(14(13)18)16(20)12-7-1-4-10-5-3-9-19-15(10)12/h2-3,5-6,8-9,12H,1,4,7,18H2. The summed E-state index contributed by atoms with van der Waals surface area (Å²) in [4.78, 5) is 17.0. The Bertz CT molecular complexity index is 669. The Morgan fingerprint density at radius 1 is 1.30 bits per heavy atom. The van der Waals surface area contributed by atoms with Crippen molar-refractivity contribution in [3.8, 4) is 0 Å². The molecule has 1 aliphatic carbocycles. The van der Waals surface area contributed by atoms with Crippen LogP contribution in [-0.2, 0) is 6.42 Å². The Balaban J connectivity index is 2.02. The van der Waals surface area contributed by atoms with Gasteiger partial charge >= 0.3 is 0 Å². The molecule has 1 heterocycles. The van der Waals surface area contributed by atoms with Gasteiger partial charge in [0.15, 0.2) is 5.78 Å². The minimum Gasteiger partial charge on any atom is -0.396 e. The summed E-state index contributed by atoms with van der Waals surface area (Å²) in [5.41, 5.74) is 7.80. The zero-order valence-corrected chi connectivity index (χ0v) is 11.0. The SMILES string of the molecule is Nc1c(F)cccc1C(=O)C1CCCc2cccnc21. The average molecular weight is 270 g/mol. The molecule has 4 heteroatoms. The van der Waals surface area contributed by atoms with Crippen molar-refractivity contribution in [1.82, 2.24) is 4.98 Å². The number of halogens is 1. The van der Waals surface area contributed by atoms with Crippen LogP contribution in [-0.4, -0.2) is 10.8 Å². The van der Waals surface area contributed by atoms with E-state index in [0.29, 0.717) is 0 Å². The molecule has 0 bridgehead atoms. The number of ketones is 1. The maximum atomic E-state index is 13.5. The molecule has 3 nitrogen and oxygen atoms in total. The van der Waals surface area contributed by atoms with Crippen LogP contribution in [0.3, 0.4) is 0 Å². The number of anilines is 1. The van der Waals surface area contributed by atoms with Gasteiger partial charge in [-0.15, -0.1) is 0 Å². The maximum Gasteiger partial charge on any atom is 0.174 e. The first-order valence-corrected chi connectivity index (χ1v) is 6.70. The number of hydrogen-bond donors (Lipinski definition) is 1. The largest absolute Gasteiger partial charge is 0.396 e. The molecule has 1 unspecified atom stereocenters. The van der Waals surface area contributed by atoms with Gasteiger partial charge in [-0.2, -0.15) is 0 Å². The molecule has 0 radical (unpaired) electrons. The van der Waals surface area contributed by atoms with E-state index >= 15 is 0 Å². The van der Waals surface area contributed by atoms with Crippen molar-refractivity contribution < 1.29 is 9.18 Å². The molecule has 102 valence electrons. The van der Waals surface area contributed by atoms with Crippen molar-refractivity contribution in [1.29, 1.82) is 0 Å². The number of pyridine rings is 1. The first-order chi connectivity index (χ1) is 9.68. The molecular weight excluding hydrogens is 255 g/mol. The summed E-state index contributed by atoms with van der Waals surface area (Å²) in [6.45, 7) is 0. The van der Waals surface area contributed by atoms with Gasteiger partial charge in [0, 0.05) is 11.8 Å². The Morgan fingerprint density at radius 2 is 2.15 bits per heavy atom. The third kappa shape index (κ3) is 2.07. The van der Waals surface area contributed by atoms with Crippen LogP contribution in [0, 0.1) is 5.82 Å². The zero-order valence-electron chi connectivity index (χ0n) is 11.0. The molecule has 2 N–H and O–H groups in total. The molecule has 0 aliphatic heterocycles. The molecule has 0 fully saturated rings. The minimum absolute atomic E-state index is 0.0689. The molecule has 0 spiro atoms. The van der Waals surface area contributed by atoms with Crippen LogP contribution in [0.5, 0.6) is 0 Å². The quantitative estimate of drug-likeness (QED) is 0.674. The number of benzene rings is 1. The fourth-order valence-corrected chi connectivity index (χ4v) is 2.80. The number of carbonyl (C=O) groups is 1. The summed E-state index contributed by atoms with van der Waals surface area (Å²) in [5, 5.41) is 0. The molecule has 2 aromatic rings. The average Bonchev–Trinajstić information content (AvgIpc) is 2.49. The third-order valence-corrected chi connectivity index (χ3v) is 3.83. The molecular formula is C16H15FN2O. The normalized spacial score (nSPS) is 17.6. The highest BCUT2D eigenvalue weighted by molar-refractivity contribution is 6.05. The lowest BCUT2D eigenvalue weighted by Crippen LogP contribution is -2.21. The number of hydrogen-bond acceptors (Lipinski definition) is 3. The molecule has 1 aromatic heterocycles. The van der Waals surface area contributed by atoms with Crippen LogP contribution in [0.1, 0.15) is 40.4 Å². The van der Waals surface area contributed by atoms with Crippen LogP contribution < -0.4 is 5.73 Å². The van der Waals surface area contributed by atoms with E-state index in [0.717, 1.165) is 30.5 Å². The first-order valence-electron chi connectivity index (χ1n) is 6.70. The fourth-order valence-electron chi connectivity index (χ4n) is 2.80. The second kappa shape index (κ2) is 5.04. The van der Waals surface area contributed by atoms with E-state index in [1.807, 2.05) is 12.1 Å². The summed E-state index contributed by atoms with van der Waals surface area (Å²) < 4.78 is 13.5. The van der Waals surface area contributed by atoms with E-state index in [1.165, 1.54) is 12.1 Å². The number of aromatic nitrogens is 1. The van der Waals surface area contributed by atoms with Gasteiger partial charge in [-0.25, -0.2) is 4.39 Å². The lowest BCUT2D eigenvalue weighted by atomic mass is 9.81.